The Morgan fingerprint density at radius 2 is 2.10 bits per heavy atom. The number of amides is 1. The summed E-state index contributed by atoms with van der Waals surface area (Å²) in [6, 6.07) is 2.02. The molecule has 1 heterocycles. The summed E-state index contributed by atoms with van der Waals surface area (Å²) in [6.45, 7) is 3.36. The zero-order valence-corrected chi connectivity index (χ0v) is 14.2. The molecule has 21 heavy (non-hydrogen) atoms. The Labute approximate surface area is 135 Å². The molecule has 1 aliphatic rings. The van der Waals surface area contributed by atoms with Crippen LogP contribution in [0.2, 0.25) is 0 Å². The molecule has 0 bridgehead atoms. The number of nitrogens with zero attached hydrogens (tertiary/aromatic N) is 1. The van der Waals surface area contributed by atoms with Crippen molar-refractivity contribution in [3.05, 3.63) is 22.3 Å². The fourth-order valence-corrected chi connectivity index (χ4v) is 3.28. The summed E-state index contributed by atoms with van der Waals surface area (Å²) in [7, 11) is 0. The summed E-state index contributed by atoms with van der Waals surface area (Å²) in [5, 5.41) is 6.25. The molecule has 0 saturated heterocycles. The van der Waals surface area contributed by atoms with Crippen molar-refractivity contribution in [1.82, 2.24) is 10.3 Å². The average Bonchev–Trinajstić information content (AvgIpc) is 2.46. The number of hydrogen-bond donors (Lipinski definition) is 2. The molecule has 1 aromatic rings. The molecular formula is C16H24BrN3O. The Kier molecular flexibility index (Phi) is 6.49. The van der Waals surface area contributed by atoms with Gasteiger partial charge in [0.05, 0.1) is 0 Å². The van der Waals surface area contributed by atoms with Crippen molar-refractivity contribution in [1.29, 1.82) is 0 Å². The molecule has 1 aromatic heterocycles. The minimum atomic E-state index is 0.184. The van der Waals surface area contributed by atoms with Crippen LogP contribution in [-0.4, -0.2) is 24.0 Å². The second-order valence-electron chi connectivity index (χ2n) is 5.80. The molecule has 116 valence electrons. The number of halogens is 1. The molecule has 0 aliphatic heterocycles. The van der Waals surface area contributed by atoms with Gasteiger partial charge in [-0.1, -0.05) is 19.3 Å². The molecule has 5 heteroatoms. The minimum absolute atomic E-state index is 0.184. The Balaban J connectivity index is 1.63. The average molecular weight is 354 g/mol. The second kappa shape index (κ2) is 8.37. The van der Waals surface area contributed by atoms with Crippen molar-refractivity contribution in [2.24, 2.45) is 5.92 Å². The maximum Gasteiger partial charge on any atom is 0.220 e. The van der Waals surface area contributed by atoms with Gasteiger partial charge in [0.25, 0.3) is 0 Å². The lowest BCUT2D eigenvalue weighted by Crippen LogP contribution is -2.30. The first-order valence-electron chi connectivity index (χ1n) is 7.78. The van der Waals surface area contributed by atoms with Crippen molar-refractivity contribution < 1.29 is 4.79 Å². The lowest BCUT2D eigenvalue weighted by Gasteiger charge is -2.20. The molecule has 0 spiro atoms. The summed E-state index contributed by atoms with van der Waals surface area (Å²) in [6.07, 6.45) is 8.80. The number of anilines is 1. The molecular weight excluding hydrogens is 330 g/mol. The van der Waals surface area contributed by atoms with Crippen LogP contribution in [0.1, 0.15) is 44.1 Å². The first kappa shape index (κ1) is 16.3. The number of carbonyl (C=O) groups excluding carboxylic acids is 1. The molecule has 0 aromatic carbocycles. The zero-order valence-electron chi connectivity index (χ0n) is 12.6. The van der Waals surface area contributed by atoms with E-state index < -0.39 is 0 Å². The molecule has 1 saturated carbocycles. The van der Waals surface area contributed by atoms with Gasteiger partial charge in [-0.15, -0.1) is 0 Å². The van der Waals surface area contributed by atoms with E-state index in [2.05, 4.69) is 31.5 Å². The van der Waals surface area contributed by atoms with Crippen LogP contribution < -0.4 is 10.6 Å². The van der Waals surface area contributed by atoms with Gasteiger partial charge in [-0.05, 0) is 53.2 Å². The Bertz CT molecular complexity index is 473. The Morgan fingerprint density at radius 1 is 1.33 bits per heavy atom. The van der Waals surface area contributed by atoms with Crippen molar-refractivity contribution in [3.8, 4) is 0 Å². The van der Waals surface area contributed by atoms with Gasteiger partial charge in [-0.3, -0.25) is 4.79 Å². The molecule has 0 radical (unpaired) electrons. The van der Waals surface area contributed by atoms with Crippen molar-refractivity contribution >= 4 is 27.7 Å². The second-order valence-corrected chi connectivity index (χ2v) is 6.72. The van der Waals surface area contributed by atoms with E-state index in [1.54, 1.807) is 6.20 Å². The lowest BCUT2D eigenvalue weighted by atomic mass is 9.87. The summed E-state index contributed by atoms with van der Waals surface area (Å²) in [5.74, 6) is 1.66. The third-order valence-corrected chi connectivity index (χ3v) is 4.42. The van der Waals surface area contributed by atoms with E-state index in [0.29, 0.717) is 25.4 Å². The number of aromatic nitrogens is 1. The van der Waals surface area contributed by atoms with Gasteiger partial charge in [0.15, 0.2) is 0 Å². The van der Waals surface area contributed by atoms with Crippen LogP contribution in [0.4, 0.5) is 5.82 Å². The number of rotatable bonds is 6. The van der Waals surface area contributed by atoms with E-state index in [-0.39, 0.29) is 5.91 Å². The van der Waals surface area contributed by atoms with Crippen LogP contribution in [0, 0.1) is 12.8 Å². The highest BCUT2D eigenvalue weighted by Gasteiger charge is 2.16. The van der Waals surface area contributed by atoms with Crippen LogP contribution in [0.25, 0.3) is 0 Å². The fourth-order valence-electron chi connectivity index (χ4n) is 2.83. The summed E-state index contributed by atoms with van der Waals surface area (Å²) in [5.41, 5.74) is 1.10. The van der Waals surface area contributed by atoms with Gasteiger partial charge in [-0.2, -0.15) is 0 Å². The van der Waals surface area contributed by atoms with Gasteiger partial charge >= 0.3 is 0 Å². The fraction of sp³-hybridized carbons (Fsp3) is 0.625. The highest BCUT2D eigenvalue weighted by atomic mass is 79.9. The topological polar surface area (TPSA) is 54.0 Å². The Hall–Kier alpha value is -1.10. The van der Waals surface area contributed by atoms with E-state index in [1.807, 2.05) is 13.0 Å². The number of pyridine rings is 1. The molecule has 2 rings (SSSR count). The highest BCUT2D eigenvalue weighted by molar-refractivity contribution is 9.10. The summed E-state index contributed by atoms with van der Waals surface area (Å²) in [4.78, 5) is 16.2. The van der Waals surface area contributed by atoms with E-state index >= 15 is 0 Å². The molecule has 1 aliphatic carbocycles. The van der Waals surface area contributed by atoms with E-state index in [1.165, 1.54) is 32.1 Å². The van der Waals surface area contributed by atoms with E-state index in [0.717, 1.165) is 15.9 Å². The van der Waals surface area contributed by atoms with Crippen molar-refractivity contribution in [2.45, 2.75) is 45.4 Å². The smallest absolute Gasteiger partial charge is 0.220 e. The van der Waals surface area contributed by atoms with Crippen LogP contribution >= 0.6 is 15.9 Å². The van der Waals surface area contributed by atoms with Gasteiger partial charge in [-0.25, -0.2) is 4.98 Å². The molecule has 0 unspecified atom stereocenters. The quantitative estimate of drug-likeness (QED) is 0.767. The third-order valence-electron chi connectivity index (χ3n) is 3.98. The van der Waals surface area contributed by atoms with Gasteiger partial charge in [0, 0.05) is 30.2 Å². The maximum atomic E-state index is 11.9. The lowest BCUT2D eigenvalue weighted by molar-refractivity contribution is -0.122. The molecule has 0 atom stereocenters. The zero-order chi connectivity index (χ0) is 15.1. The van der Waals surface area contributed by atoms with Crippen molar-refractivity contribution in [2.75, 3.05) is 18.4 Å². The first-order valence-corrected chi connectivity index (χ1v) is 8.57. The minimum Gasteiger partial charge on any atom is -0.368 e. The van der Waals surface area contributed by atoms with Crippen molar-refractivity contribution in [3.63, 3.8) is 0 Å². The number of aryl methyl sites for hydroxylation is 1. The highest BCUT2D eigenvalue weighted by Crippen LogP contribution is 2.26. The molecule has 1 amide bonds. The molecule has 4 nitrogen and oxygen atoms in total. The Morgan fingerprint density at radius 3 is 2.81 bits per heavy atom. The molecule has 1 fully saturated rings. The number of nitrogens with one attached hydrogen (secondary N) is 2. The number of carbonyl (C=O) groups is 1. The first-order chi connectivity index (χ1) is 10.1. The summed E-state index contributed by atoms with van der Waals surface area (Å²) >= 11 is 3.40. The monoisotopic (exact) mass is 353 g/mol. The van der Waals surface area contributed by atoms with Crippen LogP contribution in [-0.2, 0) is 4.79 Å². The molecule has 2 N–H and O–H groups in total. The van der Waals surface area contributed by atoms with Crippen LogP contribution in [0.15, 0.2) is 16.7 Å². The maximum absolute atomic E-state index is 11.9. The predicted octanol–water partition coefficient (Wildman–Crippen LogP) is 3.65. The largest absolute Gasteiger partial charge is 0.368 e. The van der Waals surface area contributed by atoms with Crippen LogP contribution in [0.3, 0.4) is 0 Å². The SMILES string of the molecule is Cc1cc(Br)cnc1NCCNC(=O)CC1CCCCC1. The van der Waals surface area contributed by atoms with E-state index in [4.69, 9.17) is 0 Å². The third kappa shape index (κ3) is 5.65. The van der Waals surface area contributed by atoms with Gasteiger partial charge in [0.1, 0.15) is 5.82 Å². The normalized spacial score (nSPS) is 15.7. The van der Waals surface area contributed by atoms with Gasteiger partial charge in [0.2, 0.25) is 5.91 Å². The van der Waals surface area contributed by atoms with E-state index in [9.17, 15) is 4.79 Å². The predicted molar refractivity (Wildman–Crippen MR) is 89.4 cm³/mol. The standard InChI is InChI=1S/C16H24BrN3O/c1-12-9-14(17)11-20-16(12)19-8-7-18-15(21)10-13-5-3-2-4-6-13/h9,11,13H,2-8,10H2,1H3,(H,18,21)(H,19,20). The number of hydrogen-bond acceptors (Lipinski definition) is 3. The summed E-state index contributed by atoms with van der Waals surface area (Å²) < 4.78 is 0.978. The van der Waals surface area contributed by atoms with Gasteiger partial charge < -0.3 is 10.6 Å². The van der Waals surface area contributed by atoms with Crippen LogP contribution in [0.5, 0.6) is 0 Å².